The fraction of sp³-hybridized carbons (Fsp3) is 0.143. The molecule has 0 aliphatic heterocycles. The Kier molecular flexibility index (Phi) is 3.78. The van der Waals surface area contributed by atoms with E-state index in [0.29, 0.717) is 7.27 Å². The lowest BCUT2D eigenvalue weighted by molar-refractivity contribution is 0.145. The summed E-state index contributed by atoms with van der Waals surface area (Å²) in [5, 5.41) is 8.61. The van der Waals surface area contributed by atoms with Crippen LogP contribution in [-0.2, 0) is 0 Å². The number of pyridine rings is 1. The molecule has 1 heterocycles. The Labute approximate surface area is 101 Å². The van der Waals surface area contributed by atoms with E-state index in [1.54, 1.807) is 12.1 Å². The average molecular weight is 406 g/mol. The Morgan fingerprint density at radius 1 is 1.46 bits per heavy atom. The van der Waals surface area contributed by atoms with E-state index in [2.05, 4.69) is 4.98 Å². The lowest BCUT2D eigenvalue weighted by Gasteiger charge is -2.03. The number of halogens is 4. The highest BCUT2D eigenvalue weighted by Crippen LogP contribution is 2.25. The first-order chi connectivity index (χ1) is 6.06. The van der Waals surface area contributed by atoms with Crippen molar-refractivity contribution in [3.63, 3.8) is 0 Å². The van der Waals surface area contributed by atoms with Gasteiger partial charge in [0, 0.05) is 3.57 Å². The van der Waals surface area contributed by atoms with Gasteiger partial charge in [-0.2, -0.15) is 5.26 Å². The largest absolute Gasteiger partial charge is 0.281 e. The Balaban J connectivity index is 3.41. The second kappa shape index (κ2) is 4.45. The molecule has 0 aromatic carbocycles. The van der Waals surface area contributed by atoms with Gasteiger partial charge >= 0.3 is 0 Å². The van der Waals surface area contributed by atoms with E-state index in [4.69, 9.17) is 5.26 Å². The van der Waals surface area contributed by atoms with Crippen LogP contribution < -0.4 is 0 Å². The topological polar surface area (TPSA) is 36.7 Å². The van der Waals surface area contributed by atoms with Crippen molar-refractivity contribution in [1.82, 2.24) is 4.98 Å². The molecule has 0 saturated heterocycles. The highest BCUT2D eigenvalue weighted by molar-refractivity contribution is 14.1. The summed E-state index contributed by atoms with van der Waals surface area (Å²) in [7, 11) is 0. The molecule has 0 aliphatic rings. The predicted octanol–water partition coefficient (Wildman–Crippen LogP) is 3.10. The SMILES string of the molecule is N#Cc1c(I)cc(I)nc1C(F)F. The van der Waals surface area contributed by atoms with Gasteiger partial charge in [0.05, 0.1) is 5.56 Å². The highest BCUT2D eigenvalue weighted by atomic mass is 127. The molecule has 68 valence electrons. The minimum atomic E-state index is -2.70. The zero-order valence-corrected chi connectivity index (χ0v) is 10.4. The van der Waals surface area contributed by atoms with Crippen LogP contribution >= 0.6 is 45.2 Å². The molecule has 0 amide bonds. The summed E-state index contributed by atoms with van der Waals surface area (Å²) >= 11 is 3.68. The van der Waals surface area contributed by atoms with Crippen molar-refractivity contribution in [3.05, 3.63) is 24.6 Å². The van der Waals surface area contributed by atoms with E-state index in [9.17, 15) is 8.78 Å². The van der Waals surface area contributed by atoms with Gasteiger partial charge in [0.2, 0.25) is 0 Å². The molecule has 1 aromatic rings. The van der Waals surface area contributed by atoms with E-state index >= 15 is 0 Å². The second-order valence-electron chi connectivity index (χ2n) is 2.10. The number of nitrogens with zero attached hydrogens (tertiary/aromatic N) is 2. The van der Waals surface area contributed by atoms with Gasteiger partial charge < -0.3 is 0 Å². The molecule has 0 spiro atoms. The summed E-state index contributed by atoms with van der Waals surface area (Å²) < 4.78 is 25.7. The lowest BCUT2D eigenvalue weighted by Crippen LogP contribution is -2.00. The van der Waals surface area contributed by atoms with Gasteiger partial charge in [0.25, 0.3) is 6.43 Å². The minimum absolute atomic E-state index is 0.0315. The predicted molar refractivity (Wildman–Crippen MR) is 59.3 cm³/mol. The smallest absolute Gasteiger partial charge is 0.239 e. The number of hydrogen-bond donors (Lipinski definition) is 0. The molecule has 0 aliphatic carbocycles. The van der Waals surface area contributed by atoms with Crippen LogP contribution in [0.15, 0.2) is 6.07 Å². The van der Waals surface area contributed by atoms with Gasteiger partial charge in [0.1, 0.15) is 15.5 Å². The third-order valence-electron chi connectivity index (χ3n) is 1.29. The molecule has 0 atom stereocenters. The Morgan fingerprint density at radius 3 is 2.54 bits per heavy atom. The molecule has 1 aromatic heterocycles. The van der Waals surface area contributed by atoms with Crippen molar-refractivity contribution in [3.8, 4) is 6.07 Å². The van der Waals surface area contributed by atoms with Crippen molar-refractivity contribution in [1.29, 1.82) is 5.26 Å². The van der Waals surface area contributed by atoms with Crippen LogP contribution in [0.5, 0.6) is 0 Å². The molecular formula is C7H2F2I2N2. The van der Waals surface area contributed by atoms with E-state index in [1.807, 2.05) is 45.2 Å². The lowest BCUT2D eigenvalue weighted by atomic mass is 10.2. The van der Waals surface area contributed by atoms with Crippen molar-refractivity contribution in [2.75, 3.05) is 0 Å². The third kappa shape index (κ3) is 2.46. The Hall–Kier alpha value is -0.0400. The van der Waals surface area contributed by atoms with Crippen LogP contribution in [0.1, 0.15) is 17.7 Å². The summed E-state index contributed by atoms with van der Waals surface area (Å²) in [6, 6.07) is 3.31. The summed E-state index contributed by atoms with van der Waals surface area (Å²) in [5.41, 5.74) is -0.463. The number of alkyl halides is 2. The molecule has 13 heavy (non-hydrogen) atoms. The molecule has 0 saturated carbocycles. The van der Waals surface area contributed by atoms with Gasteiger partial charge in [0.15, 0.2) is 0 Å². The van der Waals surface area contributed by atoms with E-state index in [-0.39, 0.29) is 5.56 Å². The van der Waals surface area contributed by atoms with Crippen LogP contribution in [-0.4, -0.2) is 4.98 Å². The van der Waals surface area contributed by atoms with E-state index < -0.39 is 12.1 Å². The van der Waals surface area contributed by atoms with Crippen LogP contribution in [0, 0.1) is 18.6 Å². The molecular weight excluding hydrogens is 404 g/mol. The molecule has 0 N–H and O–H groups in total. The molecule has 0 radical (unpaired) electrons. The fourth-order valence-electron chi connectivity index (χ4n) is 0.771. The molecule has 0 unspecified atom stereocenters. The van der Waals surface area contributed by atoms with Crippen molar-refractivity contribution in [2.24, 2.45) is 0 Å². The summed E-state index contributed by atoms with van der Waals surface area (Å²) in [6.07, 6.45) is -2.70. The summed E-state index contributed by atoms with van der Waals surface area (Å²) in [4.78, 5) is 3.61. The van der Waals surface area contributed by atoms with E-state index in [1.165, 1.54) is 0 Å². The molecule has 1 rings (SSSR count). The van der Waals surface area contributed by atoms with Crippen LogP contribution in [0.4, 0.5) is 8.78 Å². The molecule has 6 heteroatoms. The van der Waals surface area contributed by atoms with Gasteiger partial charge in [-0.1, -0.05) is 0 Å². The Morgan fingerprint density at radius 2 is 2.08 bits per heavy atom. The van der Waals surface area contributed by atoms with Gasteiger partial charge in [-0.3, -0.25) is 0 Å². The van der Waals surface area contributed by atoms with Crippen LogP contribution in [0.3, 0.4) is 0 Å². The summed E-state index contributed by atoms with van der Waals surface area (Å²) in [6.45, 7) is 0. The van der Waals surface area contributed by atoms with Gasteiger partial charge in [-0.25, -0.2) is 13.8 Å². The van der Waals surface area contributed by atoms with E-state index in [0.717, 1.165) is 0 Å². The maximum absolute atomic E-state index is 12.4. The number of hydrogen-bond acceptors (Lipinski definition) is 2. The van der Waals surface area contributed by atoms with Crippen molar-refractivity contribution >= 4 is 45.2 Å². The number of nitriles is 1. The maximum Gasteiger partial charge on any atom is 0.281 e. The second-order valence-corrected chi connectivity index (χ2v) is 4.37. The first kappa shape index (κ1) is 11.0. The zero-order chi connectivity index (χ0) is 10.0. The third-order valence-corrected chi connectivity index (χ3v) is 2.69. The standard InChI is InChI=1S/C7H2F2I2N2/c8-7(9)6-3(2-12)4(10)1-5(11)13-6/h1,7H. The Bertz CT molecular complexity index is 373. The van der Waals surface area contributed by atoms with Crippen LogP contribution in [0.2, 0.25) is 0 Å². The van der Waals surface area contributed by atoms with Crippen LogP contribution in [0.25, 0.3) is 0 Å². The van der Waals surface area contributed by atoms with Gasteiger partial charge in [-0.15, -0.1) is 0 Å². The fourth-order valence-corrected chi connectivity index (χ4v) is 2.63. The average Bonchev–Trinajstić information content (AvgIpc) is 2.02. The maximum atomic E-state index is 12.4. The van der Waals surface area contributed by atoms with Crippen molar-refractivity contribution < 1.29 is 8.78 Å². The number of aromatic nitrogens is 1. The quantitative estimate of drug-likeness (QED) is 0.531. The van der Waals surface area contributed by atoms with Gasteiger partial charge in [-0.05, 0) is 51.2 Å². The van der Waals surface area contributed by atoms with Crippen molar-refractivity contribution in [2.45, 2.75) is 6.43 Å². The monoisotopic (exact) mass is 406 g/mol. The highest BCUT2D eigenvalue weighted by Gasteiger charge is 2.18. The summed E-state index contributed by atoms with van der Waals surface area (Å²) in [5.74, 6) is 0. The first-order valence-corrected chi connectivity index (χ1v) is 5.26. The first-order valence-electron chi connectivity index (χ1n) is 3.10. The number of rotatable bonds is 1. The minimum Gasteiger partial charge on any atom is -0.239 e. The molecule has 0 bridgehead atoms. The zero-order valence-electron chi connectivity index (χ0n) is 6.06. The molecule has 2 nitrogen and oxygen atoms in total. The normalized spacial score (nSPS) is 10.2. The molecule has 0 fully saturated rings.